The Morgan fingerprint density at radius 2 is 1.91 bits per heavy atom. The SMILES string of the molecule is COC(=O)CC[C@]1(O)CC[C@H]2[C@H]3[C@H]([C@H](O)C[C@@]21C)[C@@]1(C)CCC(=O)C=C1C[C@H]3C(=O)OC. The minimum Gasteiger partial charge on any atom is -0.469 e. The molecule has 178 valence electrons. The summed E-state index contributed by atoms with van der Waals surface area (Å²) in [6.07, 6.45) is 4.58. The van der Waals surface area contributed by atoms with E-state index >= 15 is 0 Å². The summed E-state index contributed by atoms with van der Waals surface area (Å²) in [5.41, 5.74) is -1.14. The summed E-state index contributed by atoms with van der Waals surface area (Å²) in [6.45, 7) is 4.13. The molecule has 3 fully saturated rings. The van der Waals surface area contributed by atoms with Crippen LogP contribution in [0.2, 0.25) is 0 Å². The molecule has 0 heterocycles. The molecule has 0 radical (unpaired) electrons. The van der Waals surface area contributed by atoms with Crippen molar-refractivity contribution in [3.05, 3.63) is 11.6 Å². The molecule has 7 heteroatoms. The molecule has 0 spiro atoms. The first-order valence-corrected chi connectivity index (χ1v) is 11.8. The minimum absolute atomic E-state index is 0.0126. The molecule has 2 N–H and O–H groups in total. The van der Waals surface area contributed by atoms with Crippen molar-refractivity contribution in [1.82, 2.24) is 0 Å². The molecular formula is C25H36O7. The number of esters is 2. The molecule has 4 aliphatic rings. The van der Waals surface area contributed by atoms with E-state index in [1.165, 1.54) is 14.2 Å². The van der Waals surface area contributed by atoms with Crippen LogP contribution in [-0.2, 0) is 23.9 Å². The van der Waals surface area contributed by atoms with Crippen LogP contribution in [0.3, 0.4) is 0 Å². The molecule has 0 aromatic heterocycles. The number of ketones is 1. The molecule has 0 aliphatic heterocycles. The third-order valence-corrected chi connectivity index (χ3v) is 9.75. The van der Waals surface area contributed by atoms with Gasteiger partial charge in [-0.15, -0.1) is 0 Å². The third-order valence-electron chi connectivity index (χ3n) is 9.75. The van der Waals surface area contributed by atoms with Crippen molar-refractivity contribution < 1.29 is 34.1 Å². The topological polar surface area (TPSA) is 110 Å². The van der Waals surface area contributed by atoms with Gasteiger partial charge in [0.2, 0.25) is 0 Å². The predicted octanol–water partition coefficient (Wildman–Crippen LogP) is 2.57. The van der Waals surface area contributed by atoms with Gasteiger partial charge in [-0.3, -0.25) is 14.4 Å². The minimum atomic E-state index is -1.11. The van der Waals surface area contributed by atoms with Gasteiger partial charge in [0.25, 0.3) is 0 Å². The lowest BCUT2D eigenvalue weighted by atomic mass is 9.43. The molecule has 0 aromatic rings. The molecule has 0 saturated heterocycles. The van der Waals surface area contributed by atoms with E-state index in [1.807, 2.05) is 6.92 Å². The van der Waals surface area contributed by atoms with Crippen molar-refractivity contribution in [3.8, 4) is 0 Å². The monoisotopic (exact) mass is 448 g/mol. The number of methoxy groups -OCH3 is 2. The molecule has 32 heavy (non-hydrogen) atoms. The molecule has 0 aromatic carbocycles. The van der Waals surface area contributed by atoms with E-state index in [-0.39, 0.29) is 53.7 Å². The van der Waals surface area contributed by atoms with Crippen LogP contribution in [0.15, 0.2) is 11.6 Å². The van der Waals surface area contributed by atoms with Gasteiger partial charge < -0.3 is 19.7 Å². The summed E-state index contributed by atoms with van der Waals surface area (Å²) in [6, 6.07) is 0. The van der Waals surface area contributed by atoms with Gasteiger partial charge in [-0.25, -0.2) is 0 Å². The highest BCUT2D eigenvalue weighted by atomic mass is 16.5. The Bertz CT molecular complexity index is 849. The molecule has 0 amide bonds. The van der Waals surface area contributed by atoms with Crippen molar-refractivity contribution in [1.29, 1.82) is 0 Å². The number of rotatable bonds is 4. The van der Waals surface area contributed by atoms with Crippen LogP contribution in [0.25, 0.3) is 0 Å². The molecule has 0 unspecified atom stereocenters. The molecular weight excluding hydrogens is 412 g/mol. The maximum absolute atomic E-state index is 13.0. The van der Waals surface area contributed by atoms with Gasteiger partial charge in [0.15, 0.2) is 5.78 Å². The Hall–Kier alpha value is -1.73. The van der Waals surface area contributed by atoms with Crippen molar-refractivity contribution in [2.45, 2.75) is 76.9 Å². The van der Waals surface area contributed by atoms with Crippen LogP contribution in [0.1, 0.15) is 65.2 Å². The van der Waals surface area contributed by atoms with Gasteiger partial charge in [-0.2, -0.15) is 0 Å². The smallest absolute Gasteiger partial charge is 0.309 e. The van der Waals surface area contributed by atoms with Crippen molar-refractivity contribution in [2.24, 2.45) is 34.5 Å². The van der Waals surface area contributed by atoms with Crippen molar-refractivity contribution in [2.75, 3.05) is 14.2 Å². The zero-order valence-electron chi connectivity index (χ0n) is 19.6. The first-order chi connectivity index (χ1) is 15.0. The summed E-state index contributed by atoms with van der Waals surface area (Å²) in [5, 5.41) is 23.3. The summed E-state index contributed by atoms with van der Waals surface area (Å²) >= 11 is 0. The second-order valence-electron chi connectivity index (χ2n) is 10.9. The Kier molecular flexibility index (Phi) is 5.82. The molecule has 3 saturated carbocycles. The van der Waals surface area contributed by atoms with E-state index in [0.29, 0.717) is 32.1 Å². The average Bonchev–Trinajstić information content (AvgIpc) is 3.01. The predicted molar refractivity (Wildman–Crippen MR) is 115 cm³/mol. The Labute approximate surface area is 189 Å². The van der Waals surface area contributed by atoms with Gasteiger partial charge in [0.05, 0.1) is 31.8 Å². The van der Waals surface area contributed by atoms with Crippen LogP contribution < -0.4 is 0 Å². The normalized spacial score (nSPS) is 45.2. The molecule has 4 aliphatic carbocycles. The second kappa shape index (κ2) is 7.94. The number of aliphatic hydroxyl groups is 2. The van der Waals surface area contributed by atoms with Crippen LogP contribution >= 0.6 is 0 Å². The number of ether oxygens (including phenoxy) is 2. The number of aliphatic hydroxyl groups excluding tert-OH is 1. The van der Waals surface area contributed by atoms with Gasteiger partial charge in [0.1, 0.15) is 0 Å². The highest BCUT2D eigenvalue weighted by Crippen LogP contribution is 2.69. The Morgan fingerprint density at radius 1 is 1.19 bits per heavy atom. The first-order valence-electron chi connectivity index (χ1n) is 11.8. The van der Waals surface area contributed by atoms with Crippen molar-refractivity contribution in [3.63, 3.8) is 0 Å². The lowest BCUT2D eigenvalue weighted by molar-refractivity contribution is -0.194. The molecule has 0 bridgehead atoms. The quantitative estimate of drug-likeness (QED) is 0.636. The molecule has 7 nitrogen and oxygen atoms in total. The summed E-state index contributed by atoms with van der Waals surface area (Å²) in [4.78, 5) is 36.9. The van der Waals surface area contributed by atoms with Crippen LogP contribution in [0, 0.1) is 34.5 Å². The summed E-state index contributed by atoms with van der Waals surface area (Å²) in [5.74, 6) is -1.38. The zero-order chi connectivity index (χ0) is 23.5. The van der Waals surface area contributed by atoms with E-state index in [2.05, 4.69) is 6.92 Å². The van der Waals surface area contributed by atoms with E-state index in [1.54, 1.807) is 6.08 Å². The first kappa shape index (κ1) is 23.4. The average molecular weight is 449 g/mol. The fraction of sp³-hybridized carbons (Fsp3) is 0.800. The van der Waals surface area contributed by atoms with E-state index in [0.717, 1.165) is 12.0 Å². The van der Waals surface area contributed by atoms with Gasteiger partial charge in [-0.05, 0) is 67.8 Å². The van der Waals surface area contributed by atoms with Gasteiger partial charge >= 0.3 is 11.9 Å². The van der Waals surface area contributed by atoms with Crippen LogP contribution in [0.5, 0.6) is 0 Å². The van der Waals surface area contributed by atoms with Gasteiger partial charge in [-0.1, -0.05) is 19.4 Å². The maximum Gasteiger partial charge on any atom is 0.309 e. The number of hydrogen-bond donors (Lipinski definition) is 2. The third kappa shape index (κ3) is 3.26. The summed E-state index contributed by atoms with van der Waals surface area (Å²) < 4.78 is 9.96. The number of hydrogen-bond acceptors (Lipinski definition) is 7. The van der Waals surface area contributed by atoms with Crippen LogP contribution in [-0.4, -0.2) is 53.9 Å². The summed E-state index contributed by atoms with van der Waals surface area (Å²) in [7, 11) is 2.72. The number of carbonyl (C=O) groups excluding carboxylic acids is 3. The molecule has 8 atom stereocenters. The van der Waals surface area contributed by atoms with Crippen LogP contribution in [0.4, 0.5) is 0 Å². The van der Waals surface area contributed by atoms with Crippen molar-refractivity contribution >= 4 is 17.7 Å². The van der Waals surface area contributed by atoms with Gasteiger partial charge in [0, 0.05) is 18.3 Å². The van der Waals surface area contributed by atoms with E-state index in [4.69, 9.17) is 9.47 Å². The lowest BCUT2D eigenvalue weighted by Gasteiger charge is -2.62. The number of fused-ring (bicyclic) bond motifs is 5. The lowest BCUT2D eigenvalue weighted by Crippen LogP contribution is -2.62. The second-order valence-corrected chi connectivity index (χ2v) is 10.9. The standard InChI is InChI=1S/C25H36O7/c1-23-8-5-15(26)11-14(23)12-16(22(29)32-4)20-17-6-9-25(30,10-7-19(28)31-3)24(17,2)13-18(27)21(20)23/h11,16-18,20-21,27,30H,5-10,12-13H2,1-4H3/t16-,17+,18-,20+,21+,23+,24+,25-/m1/s1. The highest BCUT2D eigenvalue weighted by Gasteiger charge is 2.68. The number of allylic oxidation sites excluding steroid dienone is 1. The molecule has 4 rings (SSSR count). The highest BCUT2D eigenvalue weighted by molar-refractivity contribution is 5.92. The number of carbonyl (C=O) groups is 3. The maximum atomic E-state index is 13.0. The fourth-order valence-corrected chi connectivity index (χ4v) is 7.98. The fourth-order valence-electron chi connectivity index (χ4n) is 7.98. The largest absolute Gasteiger partial charge is 0.469 e. The van der Waals surface area contributed by atoms with E-state index in [9.17, 15) is 24.6 Å². The zero-order valence-corrected chi connectivity index (χ0v) is 19.6. The Morgan fingerprint density at radius 3 is 2.56 bits per heavy atom. The Balaban J connectivity index is 1.75. The van der Waals surface area contributed by atoms with E-state index < -0.39 is 23.0 Å².